The fourth-order valence-corrected chi connectivity index (χ4v) is 1.65. The van der Waals surface area contributed by atoms with Gasteiger partial charge >= 0.3 is 5.97 Å². The average molecular weight is 242 g/mol. The first-order valence-electron chi connectivity index (χ1n) is 5.75. The molecule has 0 N–H and O–H groups in total. The zero-order valence-electron chi connectivity index (χ0n) is 10.3. The number of hydrogen-bond donors (Lipinski definition) is 0. The largest absolute Gasteiger partial charge is 0.462 e. The highest BCUT2D eigenvalue weighted by Crippen LogP contribution is 2.16. The van der Waals surface area contributed by atoms with Gasteiger partial charge in [0.1, 0.15) is 0 Å². The van der Waals surface area contributed by atoms with Crippen molar-refractivity contribution in [3.05, 3.63) is 34.9 Å². The second kappa shape index (κ2) is 7.09. The van der Waals surface area contributed by atoms with Crippen LogP contribution in [0.3, 0.4) is 0 Å². The molecule has 0 saturated heterocycles. The van der Waals surface area contributed by atoms with E-state index in [4.69, 9.17) is 15.3 Å². The third-order valence-electron chi connectivity index (χ3n) is 2.45. The molecule has 1 aromatic rings. The Labute approximate surface area is 106 Å². The van der Waals surface area contributed by atoms with Crippen LogP contribution in [0.15, 0.2) is 18.2 Å². The number of benzene rings is 1. The van der Waals surface area contributed by atoms with E-state index in [9.17, 15) is 4.79 Å². The molecule has 0 amide bonds. The molecule has 0 bridgehead atoms. The minimum Gasteiger partial charge on any atom is -0.462 e. The molecule has 0 aliphatic carbocycles. The second-order valence-electron chi connectivity index (χ2n) is 3.70. The maximum Gasteiger partial charge on any atom is 0.338 e. The lowest BCUT2D eigenvalue weighted by Crippen LogP contribution is -2.08. The lowest BCUT2D eigenvalue weighted by atomic mass is 9.99. The van der Waals surface area contributed by atoms with Gasteiger partial charge in [-0.25, -0.2) is 4.79 Å². The van der Waals surface area contributed by atoms with E-state index in [2.05, 4.69) is 6.07 Å². The lowest BCUT2D eigenvalue weighted by molar-refractivity contribution is 0.0525. The monoisotopic (exact) mass is 242 g/mol. The van der Waals surface area contributed by atoms with Crippen LogP contribution in [-0.4, -0.2) is 12.6 Å². The van der Waals surface area contributed by atoms with Gasteiger partial charge in [0.05, 0.1) is 30.7 Å². The summed E-state index contributed by atoms with van der Waals surface area (Å²) in [6.45, 7) is 2.06. The van der Waals surface area contributed by atoms with Crippen molar-refractivity contribution in [2.45, 2.75) is 26.2 Å². The Morgan fingerprint density at radius 2 is 2.11 bits per heavy atom. The number of esters is 1. The third kappa shape index (κ3) is 3.61. The Morgan fingerprint density at radius 1 is 1.33 bits per heavy atom. The Morgan fingerprint density at radius 3 is 2.72 bits per heavy atom. The van der Waals surface area contributed by atoms with Crippen LogP contribution in [0.1, 0.15) is 34.8 Å². The van der Waals surface area contributed by atoms with E-state index in [-0.39, 0.29) is 5.97 Å². The Kier molecular flexibility index (Phi) is 5.41. The van der Waals surface area contributed by atoms with Gasteiger partial charge in [-0.15, -0.1) is 0 Å². The van der Waals surface area contributed by atoms with Crippen molar-refractivity contribution >= 4 is 5.97 Å². The molecule has 0 saturated carbocycles. The number of aryl methyl sites for hydroxylation is 1. The molecular weight excluding hydrogens is 228 g/mol. The molecule has 4 heteroatoms. The maximum absolute atomic E-state index is 11.7. The topological polar surface area (TPSA) is 73.9 Å². The van der Waals surface area contributed by atoms with E-state index in [1.54, 1.807) is 25.1 Å². The summed E-state index contributed by atoms with van der Waals surface area (Å²) in [5.41, 5.74) is 2.09. The summed E-state index contributed by atoms with van der Waals surface area (Å²) in [7, 11) is 0. The minimum atomic E-state index is -0.381. The van der Waals surface area contributed by atoms with Crippen LogP contribution in [0.5, 0.6) is 0 Å². The summed E-state index contributed by atoms with van der Waals surface area (Å²) in [6.07, 6.45) is 1.12. The van der Waals surface area contributed by atoms with Gasteiger partial charge in [-0.05, 0) is 30.5 Å². The first kappa shape index (κ1) is 13.7. The number of nitriles is 2. The van der Waals surface area contributed by atoms with Crippen molar-refractivity contribution in [2.75, 3.05) is 6.61 Å². The third-order valence-corrected chi connectivity index (χ3v) is 2.45. The molecule has 4 nitrogen and oxygen atoms in total. The average Bonchev–Trinajstić information content (AvgIpc) is 2.37. The van der Waals surface area contributed by atoms with Gasteiger partial charge < -0.3 is 4.74 Å². The number of ether oxygens (including phenoxy) is 1. The molecule has 0 aromatic heterocycles. The summed E-state index contributed by atoms with van der Waals surface area (Å²) in [5.74, 6) is -0.381. The second-order valence-corrected chi connectivity index (χ2v) is 3.70. The highest BCUT2D eigenvalue weighted by Gasteiger charge is 2.12. The van der Waals surface area contributed by atoms with Crippen molar-refractivity contribution in [3.63, 3.8) is 0 Å². The van der Waals surface area contributed by atoms with Crippen molar-refractivity contribution in [2.24, 2.45) is 0 Å². The molecule has 92 valence electrons. The van der Waals surface area contributed by atoms with Crippen LogP contribution in [0.2, 0.25) is 0 Å². The number of nitrogens with zero attached hydrogens (tertiary/aromatic N) is 2. The van der Waals surface area contributed by atoms with Gasteiger partial charge in [-0.3, -0.25) is 0 Å². The molecule has 0 radical (unpaired) electrons. The van der Waals surface area contributed by atoms with E-state index in [1.807, 2.05) is 6.07 Å². The molecule has 0 aliphatic heterocycles. The molecule has 0 fully saturated rings. The summed E-state index contributed by atoms with van der Waals surface area (Å²) in [6, 6.07) is 9.31. The van der Waals surface area contributed by atoms with Crippen molar-refractivity contribution in [1.82, 2.24) is 0 Å². The highest BCUT2D eigenvalue weighted by molar-refractivity contribution is 5.91. The van der Waals surface area contributed by atoms with Gasteiger partial charge in [-0.1, -0.05) is 12.1 Å². The minimum absolute atomic E-state index is 0.294. The molecule has 0 unspecified atom stereocenters. The summed E-state index contributed by atoms with van der Waals surface area (Å²) in [4.78, 5) is 11.7. The SMILES string of the molecule is CCOC(=O)c1ccc(CC#N)cc1CCC#N. The predicted molar refractivity (Wildman–Crippen MR) is 65.6 cm³/mol. The van der Waals surface area contributed by atoms with Crippen LogP contribution in [0.4, 0.5) is 0 Å². The molecule has 0 spiro atoms. The maximum atomic E-state index is 11.7. The van der Waals surface area contributed by atoms with E-state index < -0.39 is 0 Å². The van der Waals surface area contributed by atoms with Gasteiger partial charge in [0.25, 0.3) is 0 Å². The van der Waals surface area contributed by atoms with Crippen LogP contribution in [0, 0.1) is 22.7 Å². The highest BCUT2D eigenvalue weighted by atomic mass is 16.5. The Hall–Kier alpha value is -2.33. The fraction of sp³-hybridized carbons (Fsp3) is 0.357. The molecule has 0 aliphatic rings. The van der Waals surface area contributed by atoms with Crippen LogP contribution in [0.25, 0.3) is 0 Å². The summed E-state index contributed by atoms with van der Waals surface area (Å²) in [5, 5.41) is 17.3. The van der Waals surface area contributed by atoms with E-state index in [0.29, 0.717) is 31.4 Å². The molecule has 1 aromatic carbocycles. The summed E-state index contributed by atoms with van der Waals surface area (Å²) < 4.78 is 4.96. The Balaban J connectivity index is 3.05. The number of carbonyl (C=O) groups excluding carboxylic acids is 1. The van der Waals surface area contributed by atoms with E-state index >= 15 is 0 Å². The van der Waals surface area contributed by atoms with Crippen LogP contribution in [-0.2, 0) is 17.6 Å². The first-order valence-corrected chi connectivity index (χ1v) is 5.75. The van der Waals surface area contributed by atoms with Gasteiger partial charge in [-0.2, -0.15) is 10.5 Å². The molecular formula is C14H14N2O2. The van der Waals surface area contributed by atoms with Gasteiger partial charge in [0.15, 0.2) is 0 Å². The van der Waals surface area contributed by atoms with Gasteiger partial charge in [0.2, 0.25) is 0 Å². The number of rotatable bonds is 5. The van der Waals surface area contributed by atoms with Crippen LogP contribution >= 0.6 is 0 Å². The standard InChI is InChI=1S/C14H14N2O2/c1-2-18-14(17)13-6-5-11(7-9-16)10-12(13)4-3-8-15/h5-6,10H,2-4,7H2,1H3. The van der Waals surface area contributed by atoms with E-state index in [1.165, 1.54) is 0 Å². The summed E-state index contributed by atoms with van der Waals surface area (Å²) >= 11 is 0. The molecule has 18 heavy (non-hydrogen) atoms. The lowest BCUT2D eigenvalue weighted by Gasteiger charge is -2.09. The number of hydrogen-bond acceptors (Lipinski definition) is 4. The van der Waals surface area contributed by atoms with E-state index in [0.717, 1.165) is 11.1 Å². The number of carbonyl (C=O) groups is 1. The zero-order chi connectivity index (χ0) is 13.4. The van der Waals surface area contributed by atoms with Crippen molar-refractivity contribution < 1.29 is 9.53 Å². The van der Waals surface area contributed by atoms with Crippen molar-refractivity contribution in [3.8, 4) is 12.1 Å². The smallest absolute Gasteiger partial charge is 0.338 e. The fourth-order valence-electron chi connectivity index (χ4n) is 1.65. The molecule has 0 heterocycles. The first-order chi connectivity index (χ1) is 8.72. The Bertz CT molecular complexity index is 510. The predicted octanol–water partition coefficient (Wildman–Crippen LogP) is 2.39. The normalized spacial score (nSPS) is 9.28. The molecule has 1 rings (SSSR count). The van der Waals surface area contributed by atoms with Gasteiger partial charge in [0, 0.05) is 6.42 Å². The molecule has 0 atom stereocenters. The quantitative estimate of drug-likeness (QED) is 0.743. The van der Waals surface area contributed by atoms with Crippen LogP contribution < -0.4 is 0 Å². The van der Waals surface area contributed by atoms with Crippen molar-refractivity contribution in [1.29, 1.82) is 10.5 Å². The zero-order valence-corrected chi connectivity index (χ0v) is 10.3.